The van der Waals surface area contributed by atoms with Gasteiger partial charge in [0.05, 0.1) is 16.1 Å². The number of hydrogen-bond acceptors (Lipinski definition) is 4. The smallest absolute Gasteiger partial charge is 0.337 e. The molecule has 0 heterocycles. The van der Waals surface area contributed by atoms with Crippen LogP contribution in [-0.4, -0.2) is 25.4 Å². The molecule has 0 saturated heterocycles. The number of carbonyl (C=O) groups is 2. The highest BCUT2D eigenvalue weighted by Crippen LogP contribution is 2.20. The summed E-state index contributed by atoms with van der Waals surface area (Å²) in [5.41, 5.74) is 0.534. The molecule has 0 bridgehead atoms. The summed E-state index contributed by atoms with van der Waals surface area (Å²) >= 11 is 2.11. The molecule has 0 saturated carbocycles. The minimum absolute atomic E-state index is 0.0648. The van der Waals surface area contributed by atoms with Crippen molar-refractivity contribution in [1.82, 2.24) is 0 Å². The van der Waals surface area contributed by atoms with E-state index >= 15 is 0 Å². The molecule has 0 spiro atoms. The van der Waals surface area contributed by atoms with Gasteiger partial charge in [0.1, 0.15) is 0 Å². The molecule has 0 fully saturated rings. The van der Waals surface area contributed by atoms with E-state index in [2.05, 4.69) is 32.6 Å². The van der Waals surface area contributed by atoms with E-state index in [4.69, 9.17) is 0 Å². The van der Waals surface area contributed by atoms with Crippen molar-refractivity contribution in [3.8, 4) is 0 Å². The first-order chi connectivity index (χ1) is 13.8. The number of benzene rings is 3. The first kappa shape index (κ1) is 20.8. The molecular formula is C20H15IN2O5S. The lowest BCUT2D eigenvalue weighted by atomic mass is 10.1. The number of sulfonamides is 1. The van der Waals surface area contributed by atoms with Crippen LogP contribution in [0.15, 0.2) is 77.7 Å². The van der Waals surface area contributed by atoms with Gasteiger partial charge in [0.15, 0.2) is 0 Å². The largest absolute Gasteiger partial charge is 0.478 e. The summed E-state index contributed by atoms with van der Waals surface area (Å²) in [6.07, 6.45) is 0. The molecule has 0 unspecified atom stereocenters. The Kier molecular flexibility index (Phi) is 6.18. The number of amides is 1. The minimum atomic E-state index is -3.90. The van der Waals surface area contributed by atoms with Crippen molar-refractivity contribution in [3.63, 3.8) is 0 Å². The van der Waals surface area contributed by atoms with Crippen LogP contribution in [0, 0.1) is 3.57 Å². The molecule has 3 rings (SSSR count). The molecule has 0 aliphatic heterocycles. The van der Waals surface area contributed by atoms with Crippen LogP contribution in [-0.2, 0) is 10.0 Å². The Morgan fingerprint density at radius 2 is 1.59 bits per heavy atom. The van der Waals surface area contributed by atoms with Crippen LogP contribution in [0.2, 0.25) is 0 Å². The standard InChI is InChI=1S/C20H15IN2O5S/c21-14-8-10-15(11-9-14)23-29(27,28)16-5-3-4-13(12-16)19(24)22-18-7-2-1-6-17(18)20(25)26/h1-12,23H,(H,22,24)(H,25,26). The second-order valence-corrected chi connectivity index (χ2v) is 8.87. The Hall–Kier alpha value is -2.92. The quantitative estimate of drug-likeness (QED) is 0.423. The molecule has 148 valence electrons. The van der Waals surface area contributed by atoms with Crippen molar-refractivity contribution >= 4 is 55.9 Å². The average Bonchev–Trinajstić information content (AvgIpc) is 2.70. The van der Waals surface area contributed by atoms with E-state index in [-0.39, 0.29) is 21.7 Å². The van der Waals surface area contributed by atoms with Crippen LogP contribution in [0.1, 0.15) is 20.7 Å². The van der Waals surface area contributed by atoms with Crippen LogP contribution in [0.25, 0.3) is 0 Å². The summed E-state index contributed by atoms with van der Waals surface area (Å²) in [5.74, 6) is -1.80. The van der Waals surface area contributed by atoms with E-state index in [0.717, 1.165) is 3.57 Å². The zero-order valence-corrected chi connectivity index (χ0v) is 17.8. The molecule has 0 atom stereocenters. The van der Waals surface area contributed by atoms with E-state index in [1.165, 1.54) is 36.4 Å². The predicted octanol–water partition coefficient (Wildman–Crippen LogP) is 4.04. The number of hydrogen-bond donors (Lipinski definition) is 3. The molecular weight excluding hydrogens is 507 g/mol. The summed E-state index contributed by atoms with van der Waals surface area (Å²) in [7, 11) is -3.90. The third-order valence-electron chi connectivity index (χ3n) is 3.91. The topological polar surface area (TPSA) is 113 Å². The number of aromatic carboxylic acids is 1. The van der Waals surface area contributed by atoms with Crippen LogP contribution < -0.4 is 10.0 Å². The highest BCUT2D eigenvalue weighted by Gasteiger charge is 2.18. The number of carboxylic acid groups (broad SMARTS) is 1. The van der Waals surface area contributed by atoms with Gasteiger partial charge in [-0.2, -0.15) is 0 Å². The van der Waals surface area contributed by atoms with Crippen molar-refractivity contribution in [3.05, 3.63) is 87.5 Å². The Bertz CT molecular complexity index is 1180. The SMILES string of the molecule is O=C(Nc1ccccc1C(=O)O)c1cccc(S(=O)(=O)Nc2ccc(I)cc2)c1. The first-order valence-electron chi connectivity index (χ1n) is 8.28. The van der Waals surface area contributed by atoms with Crippen LogP contribution in [0.5, 0.6) is 0 Å². The summed E-state index contributed by atoms with van der Waals surface area (Å²) < 4.78 is 28.7. The van der Waals surface area contributed by atoms with Gasteiger partial charge in [0, 0.05) is 14.8 Å². The highest BCUT2D eigenvalue weighted by atomic mass is 127. The van der Waals surface area contributed by atoms with Gasteiger partial charge >= 0.3 is 5.97 Å². The predicted molar refractivity (Wildman–Crippen MR) is 118 cm³/mol. The minimum Gasteiger partial charge on any atom is -0.478 e. The van der Waals surface area contributed by atoms with E-state index in [9.17, 15) is 23.1 Å². The Morgan fingerprint density at radius 3 is 2.28 bits per heavy atom. The van der Waals surface area contributed by atoms with E-state index in [1.54, 1.807) is 36.4 Å². The number of nitrogens with one attached hydrogen (secondary N) is 2. The van der Waals surface area contributed by atoms with Gasteiger partial charge in [-0.15, -0.1) is 0 Å². The third-order valence-corrected chi connectivity index (χ3v) is 6.01. The maximum absolute atomic E-state index is 12.6. The molecule has 0 aliphatic carbocycles. The molecule has 0 aromatic heterocycles. The maximum atomic E-state index is 12.6. The van der Waals surface area contributed by atoms with Gasteiger partial charge in [-0.1, -0.05) is 18.2 Å². The van der Waals surface area contributed by atoms with Crippen LogP contribution in [0.3, 0.4) is 0 Å². The van der Waals surface area contributed by atoms with Crippen LogP contribution >= 0.6 is 22.6 Å². The number of anilines is 2. The van der Waals surface area contributed by atoms with Gasteiger partial charge in [-0.05, 0) is 77.2 Å². The van der Waals surface area contributed by atoms with Gasteiger partial charge in [-0.3, -0.25) is 9.52 Å². The summed E-state index contributed by atoms with van der Waals surface area (Å²) in [6.45, 7) is 0. The monoisotopic (exact) mass is 522 g/mol. The molecule has 29 heavy (non-hydrogen) atoms. The maximum Gasteiger partial charge on any atom is 0.337 e. The fourth-order valence-corrected chi connectivity index (χ4v) is 3.97. The highest BCUT2D eigenvalue weighted by molar-refractivity contribution is 14.1. The third kappa shape index (κ3) is 5.12. The summed E-state index contributed by atoms with van der Waals surface area (Å²) in [5, 5.41) is 11.7. The number of para-hydroxylation sites is 1. The van der Waals surface area contributed by atoms with E-state index in [0.29, 0.717) is 5.69 Å². The van der Waals surface area contributed by atoms with E-state index < -0.39 is 21.9 Å². The zero-order chi connectivity index (χ0) is 21.0. The lowest BCUT2D eigenvalue weighted by molar-refractivity contribution is 0.0698. The van der Waals surface area contributed by atoms with Gasteiger partial charge < -0.3 is 10.4 Å². The molecule has 9 heteroatoms. The van der Waals surface area contributed by atoms with Crippen LogP contribution in [0.4, 0.5) is 11.4 Å². The normalized spacial score (nSPS) is 10.9. The first-order valence-corrected chi connectivity index (χ1v) is 10.8. The molecule has 3 aromatic carbocycles. The van der Waals surface area contributed by atoms with Crippen molar-refractivity contribution in [2.24, 2.45) is 0 Å². The molecule has 0 aliphatic rings. The summed E-state index contributed by atoms with van der Waals surface area (Å²) in [6, 6.07) is 18.3. The number of halogens is 1. The summed E-state index contributed by atoms with van der Waals surface area (Å²) in [4.78, 5) is 23.7. The number of carbonyl (C=O) groups excluding carboxylic acids is 1. The lowest BCUT2D eigenvalue weighted by Crippen LogP contribution is -2.17. The fourth-order valence-electron chi connectivity index (χ4n) is 2.51. The lowest BCUT2D eigenvalue weighted by Gasteiger charge is -2.11. The number of carboxylic acids is 1. The number of rotatable bonds is 6. The van der Waals surface area contributed by atoms with Crippen molar-refractivity contribution in [2.75, 3.05) is 10.0 Å². The van der Waals surface area contributed by atoms with Gasteiger partial charge in [-0.25, -0.2) is 13.2 Å². The molecule has 7 nitrogen and oxygen atoms in total. The molecule has 3 aromatic rings. The second kappa shape index (κ2) is 8.62. The van der Waals surface area contributed by atoms with Crippen molar-refractivity contribution in [1.29, 1.82) is 0 Å². The zero-order valence-electron chi connectivity index (χ0n) is 14.8. The molecule has 3 N–H and O–H groups in total. The van der Waals surface area contributed by atoms with Crippen molar-refractivity contribution < 1.29 is 23.1 Å². The van der Waals surface area contributed by atoms with Crippen molar-refractivity contribution in [2.45, 2.75) is 4.90 Å². The fraction of sp³-hybridized carbons (Fsp3) is 0. The van der Waals surface area contributed by atoms with Gasteiger partial charge in [0.2, 0.25) is 0 Å². The van der Waals surface area contributed by atoms with E-state index in [1.807, 2.05) is 0 Å². The Balaban J connectivity index is 1.84. The Labute approximate surface area is 181 Å². The Morgan fingerprint density at radius 1 is 0.897 bits per heavy atom. The second-order valence-electron chi connectivity index (χ2n) is 5.95. The average molecular weight is 522 g/mol. The molecule has 1 amide bonds. The van der Waals surface area contributed by atoms with Gasteiger partial charge in [0.25, 0.3) is 15.9 Å². The molecule has 0 radical (unpaired) electrons.